The summed E-state index contributed by atoms with van der Waals surface area (Å²) in [7, 11) is -7.60. The van der Waals surface area contributed by atoms with Crippen LogP contribution in [-0.4, -0.2) is 52.4 Å². The number of anilines is 1. The van der Waals surface area contributed by atoms with Gasteiger partial charge in [0.1, 0.15) is 11.5 Å². The van der Waals surface area contributed by atoms with Crippen molar-refractivity contribution in [1.82, 2.24) is 4.31 Å². The summed E-state index contributed by atoms with van der Waals surface area (Å²) in [6, 6.07) is 11.6. The molecule has 0 saturated carbocycles. The maximum Gasteiger partial charge on any atom is 0.340 e. The van der Waals surface area contributed by atoms with Crippen molar-refractivity contribution < 1.29 is 31.2 Å². The second-order valence-corrected chi connectivity index (χ2v) is 9.51. The number of benzene rings is 2. The van der Waals surface area contributed by atoms with E-state index in [-0.39, 0.29) is 34.9 Å². The molecule has 3 rings (SSSR count). The van der Waals surface area contributed by atoms with Gasteiger partial charge in [-0.15, -0.1) is 0 Å². The normalized spacial score (nSPS) is 15.2. The van der Waals surface area contributed by atoms with E-state index in [0.717, 1.165) is 6.26 Å². The number of rotatable bonds is 6. The van der Waals surface area contributed by atoms with Crippen LogP contribution in [0.3, 0.4) is 0 Å². The molecule has 0 spiro atoms. The predicted molar refractivity (Wildman–Crippen MR) is 99.9 cm³/mol. The van der Waals surface area contributed by atoms with E-state index in [1.807, 2.05) is 0 Å². The van der Waals surface area contributed by atoms with Crippen molar-refractivity contribution in [3.63, 3.8) is 0 Å². The molecule has 1 N–H and O–H groups in total. The summed E-state index contributed by atoms with van der Waals surface area (Å²) in [6.45, 7) is -0.742. The van der Waals surface area contributed by atoms with Gasteiger partial charge in [-0.2, -0.15) is 0 Å². The molecule has 0 radical (unpaired) electrons. The fraction of sp³-hybridized carbons (Fsp3) is 0.176. The van der Waals surface area contributed by atoms with Gasteiger partial charge in [-0.25, -0.2) is 25.9 Å². The molecule has 0 atom stereocenters. The lowest BCUT2D eigenvalue weighted by Gasteiger charge is -2.15. The fourth-order valence-electron chi connectivity index (χ4n) is 2.70. The minimum Gasteiger partial charge on any atom is -0.460 e. The molecule has 0 aliphatic carbocycles. The predicted octanol–water partition coefficient (Wildman–Crippen LogP) is 1.06. The van der Waals surface area contributed by atoms with Crippen LogP contribution >= 0.6 is 0 Å². The van der Waals surface area contributed by atoms with E-state index in [1.165, 1.54) is 42.5 Å². The zero-order valence-electron chi connectivity index (χ0n) is 14.7. The molecule has 1 aliphatic heterocycles. The summed E-state index contributed by atoms with van der Waals surface area (Å²) >= 11 is 0. The molecule has 11 heteroatoms. The van der Waals surface area contributed by atoms with E-state index < -0.39 is 31.9 Å². The van der Waals surface area contributed by atoms with Gasteiger partial charge in [-0.3, -0.25) is 9.52 Å². The van der Waals surface area contributed by atoms with E-state index in [4.69, 9.17) is 4.74 Å². The van der Waals surface area contributed by atoms with Crippen LogP contribution in [0.15, 0.2) is 53.4 Å². The number of carbonyl (C=O) groups is 2. The standard InChI is InChI=1S/C17H16N2O7S2/c1-27(22,23)18-14-8-4-2-6-12(14)17(21)26-11-10-19-16(20)13-7-3-5-9-15(13)28(19,24)25/h2-9,18H,10-11H2,1H3. The van der Waals surface area contributed by atoms with Crippen molar-refractivity contribution in [2.24, 2.45) is 0 Å². The van der Waals surface area contributed by atoms with Crippen LogP contribution in [0, 0.1) is 0 Å². The summed E-state index contributed by atoms with van der Waals surface area (Å²) in [5.74, 6) is -1.54. The minimum absolute atomic E-state index is 0.0345. The van der Waals surface area contributed by atoms with Crippen LogP contribution in [-0.2, 0) is 24.8 Å². The summed E-state index contributed by atoms with van der Waals surface area (Å²) < 4.78 is 55.6. The number of sulfonamides is 2. The topological polar surface area (TPSA) is 127 Å². The quantitative estimate of drug-likeness (QED) is 0.687. The Bertz CT molecular complexity index is 1160. The van der Waals surface area contributed by atoms with Crippen LogP contribution in [0.25, 0.3) is 0 Å². The number of nitrogens with one attached hydrogen (secondary N) is 1. The first kappa shape index (κ1) is 19.8. The highest BCUT2D eigenvalue weighted by molar-refractivity contribution is 7.92. The Morgan fingerprint density at radius 1 is 1.11 bits per heavy atom. The average molecular weight is 424 g/mol. The third-order valence-electron chi connectivity index (χ3n) is 3.88. The number of esters is 1. The summed E-state index contributed by atoms with van der Waals surface area (Å²) in [4.78, 5) is 24.5. The molecule has 0 aromatic heterocycles. The van der Waals surface area contributed by atoms with Gasteiger partial charge in [0.15, 0.2) is 0 Å². The summed E-state index contributed by atoms with van der Waals surface area (Å²) in [5.41, 5.74) is 0.0654. The highest BCUT2D eigenvalue weighted by Crippen LogP contribution is 2.29. The molecule has 0 bridgehead atoms. The van der Waals surface area contributed by atoms with Crippen molar-refractivity contribution in [2.45, 2.75) is 4.90 Å². The number of hydrogen-bond acceptors (Lipinski definition) is 7. The number of carbonyl (C=O) groups excluding carboxylic acids is 2. The molecule has 0 fully saturated rings. The summed E-state index contributed by atoms with van der Waals surface area (Å²) in [5, 5.41) is 0. The Balaban J connectivity index is 1.70. The Hall–Kier alpha value is -2.92. The maximum atomic E-state index is 12.4. The molecule has 2 aromatic rings. The van der Waals surface area contributed by atoms with E-state index in [9.17, 15) is 26.4 Å². The molecule has 1 aliphatic rings. The number of nitrogens with zero attached hydrogens (tertiary/aromatic N) is 1. The van der Waals surface area contributed by atoms with E-state index >= 15 is 0 Å². The van der Waals surface area contributed by atoms with Gasteiger partial charge in [-0.05, 0) is 24.3 Å². The number of amides is 1. The molecule has 148 valence electrons. The monoisotopic (exact) mass is 424 g/mol. The van der Waals surface area contributed by atoms with E-state index in [1.54, 1.807) is 6.07 Å². The van der Waals surface area contributed by atoms with Gasteiger partial charge in [0.05, 0.1) is 29.6 Å². The molecule has 0 unspecified atom stereocenters. The smallest absolute Gasteiger partial charge is 0.340 e. The van der Waals surface area contributed by atoms with Crippen molar-refractivity contribution in [1.29, 1.82) is 0 Å². The third-order valence-corrected chi connectivity index (χ3v) is 6.31. The third kappa shape index (κ3) is 3.85. The van der Waals surface area contributed by atoms with Crippen molar-refractivity contribution in [2.75, 3.05) is 24.1 Å². The Morgan fingerprint density at radius 3 is 2.43 bits per heavy atom. The SMILES string of the molecule is CS(=O)(=O)Nc1ccccc1C(=O)OCCN1C(=O)c2ccccc2S1(=O)=O. The Morgan fingerprint density at radius 2 is 1.75 bits per heavy atom. The number of para-hydroxylation sites is 1. The van der Waals surface area contributed by atoms with Gasteiger partial charge in [0, 0.05) is 0 Å². The van der Waals surface area contributed by atoms with Crippen molar-refractivity contribution in [3.05, 3.63) is 59.7 Å². The second kappa shape index (κ2) is 7.24. The van der Waals surface area contributed by atoms with Gasteiger partial charge < -0.3 is 4.74 Å². The molecule has 1 amide bonds. The zero-order chi connectivity index (χ0) is 20.5. The Kier molecular flexibility index (Phi) is 5.13. The highest BCUT2D eigenvalue weighted by Gasteiger charge is 2.40. The van der Waals surface area contributed by atoms with Crippen molar-refractivity contribution >= 4 is 37.6 Å². The number of hydrogen-bond donors (Lipinski definition) is 1. The van der Waals surface area contributed by atoms with Gasteiger partial charge in [0.25, 0.3) is 15.9 Å². The molecule has 1 heterocycles. The first-order chi connectivity index (χ1) is 13.1. The second-order valence-electron chi connectivity index (χ2n) is 5.93. The van der Waals surface area contributed by atoms with Crippen LogP contribution in [0.5, 0.6) is 0 Å². The van der Waals surface area contributed by atoms with Gasteiger partial charge in [0.2, 0.25) is 10.0 Å². The zero-order valence-corrected chi connectivity index (χ0v) is 16.3. The molecule has 0 saturated heterocycles. The minimum atomic E-state index is -3.99. The lowest BCUT2D eigenvalue weighted by molar-refractivity contribution is 0.0479. The first-order valence-electron chi connectivity index (χ1n) is 8.01. The van der Waals surface area contributed by atoms with E-state index in [0.29, 0.717) is 4.31 Å². The van der Waals surface area contributed by atoms with Crippen molar-refractivity contribution in [3.8, 4) is 0 Å². The molecule has 28 heavy (non-hydrogen) atoms. The Labute approximate surface area is 162 Å². The molecule has 2 aromatic carbocycles. The highest BCUT2D eigenvalue weighted by atomic mass is 32.2. The van der Waals surface area contributed by atoms with E-state index in [2.05, 4.69) is 4.72 Å². The molecular formula is C17H16N2O7S2. The first-order valence-corrected chi connectivity index (χ1v) is 11.3. The lowest BCUT2D eigenvalue weighted by atomic mass is 10.2. The average Bonchev–Trinajstić information content (AvgIpc) is 2.82. The fourth-order valence-corrected chi connectivity index (χ4v) is 4.83. The largest absolute Gasteiger partial charge is 0.460 e. The molecular weight excluding hydrogens is 408 g/mol. The van der Waals surface area contributed by atoms with Gasteiger partial charge in [-0.1, -0.05) is 24.3 Å². The van der Waals surface area contributed by atoms with Crippen LogP contribution in [0.2, 0.25) is 0 Å². The maximum absolute atomic E-state index is 12.4. The lowest BCUT2D eigenvalue weighted by Crippen LogP contribution is -2.33. The number of ether oxygens (including phenoxy) is 1. The van der Waals surface area contributed by atoms with Crippen LogP contribution < -0.4 is 4.72 Å². The molecule has 9 nitrogen and oxygen atoms in total. The summed E-state index contributed by atoms with van der Waals surface area (Å²) in [6.07, 6.45) is 0.941. The van der Waals surface area contributed by atoms with Gasteiger partial charge >= 0.3 is 5.97 Å². The number of fused-ring (bicyclic) bond motifs is 1. The van der Waals surface area contributed by atoms with Crippen LogP contribution in [0.1, 0.15) is 20.7 Å². The van der Waals surface area contributed by atoms with Crippen LogP contribution in [0.4, 0.5) is 5.69 Å².